The summed E-state index contributed by atoms with van der Waals surface area (Å²) in [5.74, 6) is 0.725. The average molecular weight is 347 g/mol. The van der Waals surface area contributed by atoms with E-state index in [4.69, 9.17) is 0 Å². The minimum absolute atomic E-state index is 0.576. The quantitative estimate of drug-likeness (QED) is 0.661. The number of hydrogen-bond acceptors (Lipinski definition) is 1. The second-order valence-corrected chi connectivity index (χ2v) is 6.85. The minimum Gasteiger partial charge on any atom is -0.312 e. The highest BCUT2D eigenvalue weighted by molar-refractivity contribution is 5.27. The molecule has 2 aromatic carbocycles. The fraction of sp³-hybridized carbons (Fsp3) is 0.429. The maximum atomic E-state index is 12.7. The largest absolute Gasteiger partial charge is 0.416 e. The van der Waals surface area contributed by atoms with Gasteiger partial charge in [0.2, 0.25) is 0 Å². The van der Waals surface area contributed by atoms with Gasteiger partial charge in [-0.05, 0) is 54.5 Å². The van der Waals surface area contributed by atoms with Crippen molar-refractivity contribution in [2.45, 2.75) is 50.7 Å². The van der Waals surface area contributed by atoms with Crippen LogP contribution in [0.5, 0.6) is 0 Å². The molecule has 0 bridgehead atoms. The Morgan fingerprint density at radius 1 is 0.920 bits per heavy atom. The van der Waals surface area contributed by atoms with Gasteiger partial charge in [-0.2, -0.15) is 13.2 Å². The standard InChI is InChI=1S/C21H24F3N/c22-21(23,24)20-7-3-4-16(14-20)12-13-25-15-17-8-10-19(11-9-17)18-5-1-2-6-18/h3-4,7-11,14,18,25H,1-2,5-6,12-13,15H2. The van der Waals surface area contributed by atoms with Crippen molar-refractivity contribution >= 4 is 0 Å². The number of benzene rings is 2. The van der Waals surface area contributed by atoms with Gasteiger partial charge in [0.1, 0.15) is 0 Å². The smallest absolute Gasteiger partial charge is 0.312 e. The fourth-order valence-electron chi connectivity index (χ4n) is 3.54. The summed E-state index contributed by atoms with van der Waals surface area (Å²) in [4.78, 5) is 0. The van der Waals surface area contributed by atoms with Crippen LogP contribution in [0, 0.1) is 0 Å². The molecule has 0 radical (unpaired) electrons. The molecule has 4 heteroatoms. The number of hydrogen-bond donors (Lipinski definition) is 1. The van der Waals surface area contributed by atoms with Crippen LogP contribution in [-0.2, 0) is 19.1 Å². The van der Waals surface area contributed by atoms with Crippen LogP contribution in [0.1, 0.15) is 53.9 Å². The highest BCUT2D eigenvalue weighted by Gasteiger charge is 2.30. The van der Waals surface area contributed by atoms with E-state index >= 15 is 0 Å². The molecule has 2 aromatic rings. The first-order valence-corrected chi connectivity index (χ1v) is 8.98. The van der Waals surface area contributed by atoms with Crippen LogP contribution in [0.4, 0.5) is 13.2 Å². The summed E-state index contributed by atoms with van der Waals surface area (Å²) in [6, 6.07) is 14.3. The molecule has 134 valence electrons. The van der Waals surface area contributed by atoms with Crippen LogP contribution < -0.4 is 5.32 Å². The van der Waals surface area contributed by atoms with E-state index in [-0.39, 0.29) is 0 Å². The average Bonchev–Trinajstić information content (AvgIpc) is 3.13. The summed E-state index contributed by atoms with van der Waals surface area (Å²) in [6.45, 7) is 1.40. The van der Waals surface area contributed by atoms with Crippen molar-refractivity contribution < 1.29 is 13.2 Å². The van der Waals surface area contributed by atoms with Gasteiger partial charge in [0.25, 0.3) is 0 Å². The molecule has 1 fully saturated rings. The van der Waals surface area contributed by atoms with Gasteiger partial charge in [0.05, 0.1) is 5.56 Å². The number of rotatable bonds is 6. The molecule has 1 N–H and O–H groups in total. The van der Waals surface area contributed by atoms with Gasteiger partial charge in [0, 0.05) is 6.54 Å². The van der Waals surface area contributed by atoms with Gasteiger partial charge in [-0.1, -0.05) is 55.3 Å². The first-order chi connectivity index (χ1) is 12.0. The van der Waals surface area contributed by atoms with Crippen LogP contribution in [0.25, 0.3) is 0 Å². The van der Waals surface area contributed by atoms with Gasteiger partial charge in [-0.15, -0.1) is 0 Å². The maximum absolute atomic E-state index is 12.7. The number of halogens is 3. The third kappa shape index (κ3) is 5.08. The summed E-state index contributed by atoms with van der Waals surface area (Å²) >= 11 is 0. The lowest BCUT2D eigenvalue weighted by Gasteiger charge is -2.11. The second kappa shape index (κ2) is 8.05. The Bertz CT molecular complexity index is 670. The van der Waals surface area contributed by atoms with E-state index in [0.29, 0.717) is 18.5 Å². The van der Waals surface area contributed by atoms with Crippen molar-refractivity contribution in [1.29, 1.82) is 0 Å². The lowest BCUT2D eigenvalue weighted by molar-refractivity contribution is -0.137. The van der Waals surface area contributed by atoms with Gasteiger partial charge in [-0.25, -0.2) is 0 Å². The van der Waals surface area contributed by atoms with Crippen LogP contribution >= 0.6 is 0 Å². The van der Waals surface area contributed by atoms with Gasteiger partial charge in [0.15, 0.2) is 0 Å². The van der Waals surface area contributed by atoms with Crippen LogP contribution in [-0.4, -0.2) is 6.54 Å². The monoisotopic (exact) mass is 347 g/mol. The zero-order valence-corrected chi connectivity index (χ0v) is 14.3. The molecule has 0 unspecified atom stereocenters. The molecule has 0 aromatic heterocycles. The zero-order chi connectivity index (χ0) is 17.7. The van der Waals surface area contributed by atoms with Crippen molar-refractivity contribution in [2.24, 2.45) is 0 Å². The normalized spacial score (nSPS) is 15.6. The fourth-order valence-corrected chi connectivity index (χ4v) is 3.54. The minimum atomic E-state index is -4.27. The molecule has 25 heavy (non-hydrogen) atoms. The summed E-state index contributed by atoms with van der Waals surface area (Å²) < 4.78 is 38.1. The Balaban J connectivity index is 1.45. The SMILES string of the molecule is FC(F)(F)c1cccc(CCNCc2ccc(C3CCCC3)cc2)c1. The Hall–Kier alpha value is -1.81. The van der Waals surface area contributed by atoms with E-state index in [1.54, 1.807) is 6.07 Å². The lowest BCUT2D eigenvalue weighted by Crippen LogP contribution is -2.17. The van der Waals surface area contributed by atoms with E-state index in [9.17, 15) is 13.2 Å². The Morgan fingerprint density at radius 3 is 2.32 bits per heavy atom. The van der Waals surface area contributed by atoms with Gasteiger partial charge in [-0.3, -0.25) is 0 Å². The summed E-state index contributed by atoms with van der Waals surface area (Å²) in [5.41, 5.74) is 2.78. The van der Waals surface area contributed by atoms with Crippen molar-refractivity contribution in [3.05, 3.63) is 70.8 Å². The molecule has 1 aliphatic rings. The van der Waals surface area contributed by atoms with E-state index in [1.165, 1.54) is 48.9 Å². The van der Waals surface area contributed by atoms with Crippen LogP contribution in [0.3, 0.4) is 0 Å². The van der Waals surface area contributed by atoms with Gasteiger partial charge >= 0.3 is 6.18 Å². The number of alkyl halides is 3. The van der Waals surface area contributed by atoms with E-state index < -0.39 is 11.7 Å². The number of nitrogens with one attached hydrogen (secondary N) is 1. The van der Waals surface area contributed by atoms with E-state index in [2.05, 4.69) is 29.6 Å². The molecule has 0 saturated heterocycles. The van der Waals surface area contributed by atoms with Crippen molar-refractivity contribution in [1.82, 2.24) is 5.32 Å². The van der Waals surface area contributed by atoms with E-state index in [1.807, 2.05) is 0 Å². The highest BCUT2D eigenvalue weighted by atomic mass is 19.4. The maximum Gasteiger partial charge on any atom is 0.416 e. The Labute approximate surface area is 147 Å². The molecule has 0 aliphatic heterocycles. The molecule has 1 nitrogen and oxygen atoms in total. The predicted molar refractivity (Wildman–Crippen MR) is 94.5 cm³/mol. The molecule has 0 amide bonds. The first-order valence-electron chi connectivity index (χ1n) is 8.98. The summed E-state index contributed by atoms with van der Waals surface area (Å²) in [5, 5.41) is 3.32. The summed E-state index contributed by atoms with van der Waals surface area (Å²) in [6.07, 6.45) is 1.59. The third-order valence-electron chi connectivity index (χ3n) is 4.98. The topological polar surface area (TPSA) is 12.0 Å². The first kappa shape index (κ1) is 18.0. The van der Waals surface area contributed by atoms with Crippen molar-refractivity contribution in [3.63, 3.8) is 0 Å². The Kier molecular flexibility index (Phi) is 5.79. The molecular weight excluding hydrogens is 323 g/mol. The van der Waals surface area contributed by atoms with Crippen molar-refractivity contribution in [2.75, 3.05) is 6.54 Å². The summed E-state index contributed by atoms with van der Waals surface area (Å²) in [7, 11) is 0. The molecular formula is C21H24F3N. The molecule has 1 aliphatic carbocycles. The zero-order valence-electron chi connectivity index (χ0n) is 14.3. The molecule has 3 rings (SSSR count). The second-order valence-electron chi connectivity index (χ2n) is 6.85. The predicted octanol–water partition coefficient (Wildman–Crippen LogP) is 5.70. The third-order valence-corrected chi connectivity index (χ3v) is 4.98. The molecule has 1 saturated carbocycles. The highest BCUT2D eigenvalue weighted by Crippen LogP contribution is 2.34. The Morgan fingerprint density at radius 2 is 1.64 bits per heavy atom. The van der Waals surface area contributed by atoms with Crippen LogP contribution in [0.15, 0.2) is 48.5 Å². The molecule has 0 atom stereocenters. The lowest BCUT2D eigenvalue weighted by atomic mass is 9.97. The molecule has 0 spiro atoms. The van der Waals surface area contributed by atoms with Crippen molar-refractivity contribution in [3.8, 4) is 0 Å². The van der Waals surface area contributed by atoms with E-state index in [0.717, 1.165) is 18.5 Å². The van der Waals surface area contributed by atoms with Gasteiger partial charge < -0.3 is 5.32 Å². The van der Waals surface area contributed by atoms with Crippen LogP contribution in [0.2, 0.25) is 0 Å². The molecule has 0 heterocycles.